The number of aliphatic imine (C=N–C) groups is 1. The van der Waals surface area contributed by atoms with Gasteiger partial charge < -0.3 is 19.9 Å². The molecule has 1 amide bonds. The van der Waals surface area contributed by atoms with Crippen LogP contribution in [0.5, 0.6) is 5.75 Å². The number of aromatic nitrogens is 2. The molecule has 0 spiro atoms. The average molecular weight is 370 g/mol. The molecule has 1 aliphatic heterocycles. The summed E-state index contributed by atoms with van der Waals surface area (Å²) in [5.74, 6) is 1.61. The Balaban J connectivity index is 1.59. The van der Waals surface area contributed by atoms with Gasteiger partial charge in [-0.25, -0.2) is 0 Å². The van der Waals surface area contributed by atoms with E-state index in [1.165, 1.54) is 0 Å². The van der Waals surface area contributed by atoms with Gasteiger partial charge in [0, 0.05) is 39.9 Å². The highest BCUT2D eigenvalue weighted by atomic mass is 16.5. The Morgan fingerprint density at radius 1 is 1.37 bits per heavy atom. The third kappa shape index (κ3) is 4.58. The highest BCUT2D eigenvalue weighted by Crippen LogP contribution is 2.16. The van der Waals surface area contributed by atoms with Crippen molar-refractivity contribution in [3.8, 4) is 5.75 Å². The van der Waals surface area contributed by atoms with Crippen molar-refractivity contribution in [3.63, 3.8) is 0 Å². The van der Waals surface area contributed by atoms with Gasteiger partial charge in [-0.15, -0.1) is 0 Å². The van der Waals surface area contributed by atoms with Crippen molar-refractivity contribution in [2.75, 3.05) is 38.2 Å². The fourth-order valence-corrected chi connectivity index (χ4v) is 3.10. The summed E-state index contributed by atoms with van der Waals surface area (Å²) in [5.41, 5.74) is 1.93. The lowest BCUT2D eigenvalue weighted by Gasteiger charge is -2.35. The molecule has 0 saturated carbocycles. The molecule has 0 radical (unpaired) electrons. The predicted molar refractivity (Wildman–Crippen MR) is 105 cm³/mol. The Morgan fingerprint density at radius 3 is 2.89 bits per heavy atom. The number of ether oxygens (including phenoxy) is 1. The number of nitrogens with one attached hydrogen (secondary N) is 1. The number of anilines is 1. The van der Waals surface area contributed by atoms with Crippen LogP contribution in [0.2, 0.25) is 0 Å². The number of aryl methyl sites for hydroxylation is 1. The third-order valence-electron chi connectivity index (χ3n) is 4.40. The van der Waals surface area contributed by atoms with E-state index in [9.17, 15) is 4.79 Å². The van der Waals surface area contributed by atoms with Gasteiger partial charge in [-0.3, -0.25) is 14.5 Å². The topological polar surface area (TPSA) is 75.0 Å². The van der Waals surface area contributed by atoms with E-state index in [-0.39, 0.29) is 12.5 Å². The van der Waals surface area contributed by atoms with E-state index in [0.717, 1.165) is 23.0 Å². The number of hydrogen-bond donors (Lipinski definition) is 1. The van der Waals surface area contributed by atoms with E-state index in [2.05, 4.69) is 15.4 Å². The van der Waals surface area contributed by atoms with Crippen molar-refractivity contribution in [1.29, 1.82) is 0 Å². The maximum atomic E-state index is 12.6. The van der Waals surface area contributed by atoms with Crippen LogP contribution in [0.3, 0.4) is 0 Å². The van der Waals surface area contributed by atoms with Crippen LogP contribution in [0.1, 0.15) is 12.5 Å². The summed E-state index contributed by atoms with van der Waals surface area (Å²) in [6.45, 7) is 4.82. The lowest BCUT2D eigenvalue weighted by Crippen LogP contribution is -2.55. The number of nitrogens with zero attached hydrogens (tertiary/aromatic N) is 5. The first kappa shape index (κ1) is 18.8. The minimum atomic E-state index is 0.0375. The summed E-state index contributed by atoms with van der Waals surface area (Å²) in [7, 11) is 3.58. The standard InChI is InChI=1S/C19H26N6O2/c1-4-27-17-7-5-6-15(10-17)11-21-19(20-2)24-8-9-25(18(26)14-24)16-12-22-23(3)13-16/h5-7,10,12-13H,4,8-9,11,14H2,1-3H3,(H,20,21). The Hall–Kier alpha value is -3.03. The molecule has 8 nitrogen and oxygen atoms in total. The number of guanidine groups is 1. The molecule has 27 heavy (non-hydrogen) atoms. The van der Waals surface area contributed by atoms with Crippen molar-refractivity contribution in [2.24, 2.45) is 12.0 Å². The molecule has 1 N–H and O–H groups in total. The highest BCUT2D eigenvalue weighted by Gasteiger charge is 2.27. The molecule has 0 bridgehead atoms. The van der Waals surface area contributed by atoms with Crippen LogP contribution in [0.4, 0.5) is 5.69 Å². The second kappa shape index (κ2) is 8.57. The van der Waals surface area contributed by atoms with Gasteiger partial charge in [0.2, 0.25) is 5.91 Å². The Labute approximate surface area is 159 Å². The Kier molecular flexibility index (Phi) is 5.95. The quantitative estimate of drug-likeness (QED) is 0.633. The van der Waals surface area contributed by atoms with Crippen molar-refractivity contribution < 1.29 is 9.53 Å². The summed E-state index contributed by atoms with van der Waals surface area (Å²) in [4.78, 5) is 20.6. The first-order valence-corrected chi connectivity index (χ1v) is 9.07. The highest BCUT2D eigenvalue weighted by molar-refractivity contribution is 5.98. The van der Waals surface area contributed by atoms with Gasteiger partial charge >= 0.3 is 0 Å². The number of carbonyl (C=O) groups excluding carboxylic acids is 1. The van der Waals surface area contributed by atoms with E-state index < -0.39 is 0 Å². The molecule has 1 aliphatic rings. The molecule has 1 aromatic heterocycles. The third-order valence-corrected chi connectivity index (χ3v) is 4.40. The molecule has 1 aromatic carbocycles. The number of rotatable bonds is 5. The van der Waals surface area contributed by atoms with Crippen molar-refractivity contribution in [3.05, 3.63) is 42.2 Å². The van der Waals surface area contributed by atoms with Gasteiger partial charge in [0.1, 0.15) is 12.3 Å². The summed E-state index contributed by atoms with van der Waals surface area (Å²) in [5, 5.41) is 7.48. The van der Waals surface area contributed by atoms with Crippen LogP contribution in [-0.4, -0.2) is 59.8 Å². The maximum absolute atomic E-state index is 12.6. The first-order chi connectivity index (χ1) is 13.1. The number of benzene rings is 1. The second-order valence-corrected chi connectivity index (χ2v) is 6.32. The molecule has 2 heterocycles. The van der Waals surface area contributed by atoms with Gasteiger partial charge in [0.25, 0.3) is 0 Å². The fraction of sp³-hybridized carbons (Fsp3) is 0.421. The molecule has 144 valence electrons. The van der Waals surface area contributed by atoms with E-state index in [0.29, 0.717) is 26.2 Å². The maximum Gasteiger partial charge on any atom is 0.246 e. The van der Waals surface area contributed by atoms with Gasteiger partial charge in [-0.2, -0.15) is 5.10 Å². The number of carbonyl (C=O) groups is 1. The largest absolute Gasteiger partial charge is 0.494 e. The lowest BCUT2D eigenvalue weighted by molar-refractivity contribution is -0.120. The second-order valence-electron chi connectivity index (χ2n) is 6.32. The average Bonchev–Trinajstić information content (AvgIpc) is 3.09. The molecular formula is C19H26N6O2. The summed E-state index contributed by atoms with van der Waals surface area (Å²) >= 11 is 0. The number of amides is 1. The van der Waals surface area contributed by atoms with Gasteiger partial charge in [-0.1, -0.05) is 12.1 Å². The van der Waals surface area contributed by atoms with Crippen LogP contribution in [-0.2, 0) is 18.4 Å². The molecule has 0 aliphatic carbocycles. The van der Waals surface area contributed by atoms with E-state index >= 15 is 0 Å². The normalized spacial score (nSPS) is 15.2. The molecule has 2 aromatic rings. The Bertz CT molecular complexity index is 816. The zero-order chi connectivity index (χ0) is 19.2. The summed E-state index contributed by atoms with van der Waals surface area (Å²) in [6, 6.07) is 7.96. The van der Waals surface area contributed by atoms with E-state index in [1.807, 2.05) is 49.3 Å². The van der Waals surface area contributed by atoms with E-state index in [1.54, 1.807) is 22.8 Å². The summed E-state index contributed by atoms with van der Waals surface area (Å²) < 4.78 is 7.24. The zero-order valence-corrected chi connectivity index (χ0v) is 16.1. The minimum absolute atomic E-state index is 0.0375. The summed E-state index contributed by atoms with van der Waals surface area (Å²) in [6.07, 6.45) is 3.57. The molecule has 0 atom stereocenters. The Morgan fingerprint density at radius 2 is 2.22 bits per heavy atom. The van der Waals surface area contributed by atoms with Gasteiger partial charge in [0.15, 0.2) is 5.96 Å². The molecule has 0 unspecified atom stereocenters. The number of piperazine rings is 1. The number of hydrogen-bond acceptors (Lipinski definition) is 4. The SMILES string of the molecule is CCOc1cccc(CNC(=NC)N2CCN(c3cnn(C)c3)C(=O)C2)c1. The van der Waals surface area contributed by atoms with Crippen molar-refractivity contribution in [1.82, 2.24) is 20.0 Å². The molecule has 1 saturated heterocycles. The molecule has 3 rings (SSSR count). The van der Waals surface area contributed by atoms with Crippen LogP contribution in [0, 0.1) is 0 Å². The van der Waals surface area contributed by atoms with Crippen molar-refractivity contribution >= 4 is 17.6 Å². The predicted octanol–water partition coefficient (Wildman–Crippen LogP) is 1.24. The molecule has 8 heteroatoms. The van der Waals surface area contributed by atoms with Gasteiger partial charge in [0.05, 0.1) is 18.5 Å². The van der Waals surface area contributed by atoms with Gasteiger partial charge in [-0.05, 0) is 24.6 Å². The first-order valence-electron chi connectivity index (χ1n) is 9.07. The minimum Gasteiger partial charge on any atom is -0.494 e. The van der Waals surface area contributed by atoms with Crippen LogP contribution in [0.25, 0.3) is 0 Å². The smallest absolute Gasteiger partial charge is 0.246 e. The van der Waals surface area contributed by atoms with Crippen LogP contribution < -0.4 is 15.0 Å². The molecular weight excluding hydrogens is 344 g/mol. The molecule has 1 fully saturated rings. The monoisotopic (exact) mass is 370 g/mol. The zero-order valence-electron chi connectivity index (χ0n) is 16.1. The fourth-order valence-electron chi connectivity index (χ4n) is 3.10. The van der Waals surface area contributed by atoms with Crippen molar-refractivity contribution in [2.45, 2.75) is 13.5 Å². The van der Waals surface area contributed by atoms with Crippen LogP contribution >= 0.6 is 0 Å². The lowest BCUT2D eigenvalue weighted by atomic mass is 10.2. The van der Waals surface area contributed by atoms with E-state index in [4.69, 9.17) is 4.74 Å². The van der Waals surface area contributed by atoms with Crippen LogP contribution in [0.15, 0.2) is 41.7 Å².